The van der Waals surface area contributed by atoms with E-state index in [1.807, 2.05) is 17.0 Å². The van der Waals surface area contributed by atoms with Gasteiger partial charge in [0.05, 0.1) is 12.7 Å². The standard InChI is InChI=1S/C20H22N2O5/c23-20(24)19(15-3-4-17-18(10-15)27-13-26-17)22-8-5-16(6-9-22)25-12-14-2-1-7-21-11-14/h1-4,7,10-11,16,19H,5-6,8-9,12-13H2,(H,23,24)/t19-/m1/s1. The lowest BCUT2D eigenvalue weighted by Gasteiger charge is -2.35. The Bertz CT molecular complexity index is 790. The highest BCUT2D eigenvalue weighted by Gasteiger charge is 2.32. The van der Waals surface area contributed by atoms with Crippen LogP contribution in [0.3, 0.4) is 0 Å². The molecule has 1 aromatic heterocycles. The summed E-state index contributed by atoms with van der Waals surface area (Å²) >= 11 is 0. The van der Waals surface area contributed by atoms with Gasteiger partial charge in [-0.2, -0.15) is 0 Å². The summed E-state index contributed by atoms with van der Waals surface area (Å²) in [5.41, 5.74) is 1.75. The van der Waals surface area contributed by atoms with Crippen LogP contribution in [0.1, 0.15) is 30.0 Å². The molecule has 1 saturated heterocycles. The predicted molar refractivity (Wildman–Crippen MR) is 96.6 cm³/mol. The first-order chi connectivity index (χ1) is 13.2. The van der Waals surface area contributed by atoms with Crippen LogP contribution in [0, 0.1) is 0 Å². The number of carboxylic acid groups (broad SMARTS) is 1. The minimum atomic E-state index is -0.858. The van der Waals surface area contributed by atoms with Gasteiger partial charge in [-0.3, -0.25) is 14.7 Å². The third-order valence-corrected chi connectivity index (χ3v) is 5.00. The van der Waals surface area contributed by atoms with Crippen LogP contribution < -0.4 is 9.47 Å². The first kappa shape index (κ1) is 17.8. The molecule has 3 heterocycles. The molecular weight excluding hydrogens is 348 g/mol. The van der Waals surface area contributed by atoms with Crippen molar-refractivity contribution < 1.29 is 24.1 Å². The number of nitrogens with zero attached hydrogens (tertiary/aromatic N) is 2. The maximum atomic E-state index is 11.9. The second-order valence-corrected chi connectivity index (χ2v) is 6.76. The average Bonchev–Trinajstić information content (AvgIpc) is 3.16. The molecule has 7 heteroatoms. The maximum Gasteiger partial charge on any atom is 0.325 e. The van der Waals surface area contributed by atoms with Crippen molar-refractivity contribution in [2.45, 2.75) is 31.6 Å². The van der Waals surface area contributed by atoms with E-state index >= 15 is 0 Å². The highest BCUT2D eigenvalue weighted by molar-refractivity contribution is 5.76. The Morgan fingerprint density at radius 3 is 2.81 bits per heavy atom. The van der Waals surface area contributed by atoms with E-state index in [-0.39, 0.29) is 12.9 Å². The molecule has 27 heavy (non-hydrogen) atoms. The SMILES string of the molecule is O=C(O)[C@@H](c1ccc2c(c1)OCO2)N1CCC(OCc2cccnc2)CC1. The van der Waals surface area contributed by atoms with Crippen molar-refractivity contribution in [2.75, 3.05) is 19.9 Å². The van der Waals surface area contributed by atoms with E-state index in [1.54, 1.807) is 30.6 Å². The van der Waals surface area contributed by atoms with Crippen LogP contribution >= 0.6 is 0 Å². The summed E-state index contributed by atoms with van der Waals surface area (Å²) in [6.07, 6.45) is 5.27. The predicted octanol–water partition coefficient (Wildman–Crippen LogP) is 2.62. The molecule has 0 aliphatic carbocycles. The lowest BCUT2D eigenvalue weighted by atomic mass is 10.00. The van der Waals surface area contributed by atoms with E-state index in [0.29, 0.717) is 36.8 Å². The normalized spacial score (nSPS) is 18.4. The Morgan fingerprint density at radius 1 is 1.26 bits per heavy atom. The summed E-state index contributed by atoms with van der Waals surface area (Å²) in [5, 5.41) is 9.79. The topological polar surface area (TPSA) is 81.1 Å². The molecule has 0 bridgehead atoms. The largest absolute Gasteiger partial charge is 0.480 e. The van der Waals surface area contributed by atoms with Crippen molar-refractivity contribution in [1.29, 1.82) is 0 Å². The van der Waals surface area contributed by atoms with Gasteiger partial charge >= 0.3 is 5.97 Å². The zero-order chi connectivity index (χ0) is 18.6. The van der Waals surface area contributed by atoms with Crippen molar-refractivity contribution in [1.82, 2.24) is 9.88 Å². The Balaban J connectivity index is 1.37. The van der Waals surface area contributed by atoms with Gasteiger partial charge < -0.3 is 19.3 Å². The zero-order valence-corrected chi connectivity index (χ0v) is 14.9. The van der Waals surface area contributed by atoms with Crippen LogP contribution in [0.5, 0.6) is 11.5 Å². The number of likely N-dealkylation sites (tertiary alicyclic amines) is 1. The van der Waals surface area contributed by atoms with Crippen LogP contribution in [-0.2, 0) is 16.1 Å². The first-order valence-corrected chi connectivity index (χ1v) is 9.07. The quantitative estimate of drug-likeness (QED) is 0.837. The summed E-state index contributed by atoms with van der Waals surface area (Å²) in [4.78, 5) is 18.0. The zero-order valence-electron chi connectivity index (χ0n) is 14.9. The number of fused-ring (bicyclic) bond motifs is 1. The molecule has 1 N–H and O–H groups in total. The van der Waals surface area contributed by atoms with Crippen molar-refractivity contribution in [3.63, 3.8) is 0 Å². The van der Waals surface area contributed by atoms with E-state index in [2.05, 4.69) is 4.98 Å². The monoisotopic (exact) mass is 370 g/mol. The summed E-state index contributed by atoms with van der Waals surface area (Å²) in [6, 6.07) is 8.53. The summed E-state index contributed by atoms with van der Waals surface area (Å²) in [7, 11) is 0. The van der Waals surface area contributed by atoms with E-state index < -0.39 is 12.0 Å². The molecule has 2 aliphatic rings. The number of pyridine rings is 1. The Hall–Kier alpha value is -2.64. The van der Waals surface area contributed by atoms with E-state index in [0.717, 1.165) is 18.4 Å². The van der Waals surface area contributed by atoms with Crippen LogP contribution in [0.2, 0.25) is 0 Å². The van der Waals surface area contributed by atoms with Gasteiger partial charge in [0.15, 0.2) is 11.5 Å². The Kier molecular flexibility index (Phi) is 5.22. The summed E-state index contributed by atoms with van der Waals surface area (Å²) < 4.78 is 16.7. The van der Waals surface area contributed by atoms with Gasteiger partial charge in [-0.1, -0.05) is 12.1 Å². The molecular formula is C20H22N2O5. The van der Waals surface area contributed by atoms with Crippen LogP contribution in [-0.4, -0.2) is 46.9 Å². The molecule has 1 atom stereocenters. The van der Waals surface area contributed by atoms with Crippen LogP contribution in [0.15, 0.2) is 42.7 Å². The molecule has 2 aromatic rings. The van der Waals surface area contributed by atoms with Crippen molar-refractivity contribution >= 4 is 5.97 Å². The van der Waals surface area contributed by atoms with Gasteiger partial charge in [-0.05, 0) is 42.2 Å². The number of aliphatic carboxylic acids is 1. The molecule has 1 aromatic carbocycles. The van der Waals surface area contributed by atoms with E-state index in [4.69, 9.17) is 14.2 Å². The van der Waals surface area contributed by atoms with E-state index in [1.165, 1.54) is 0 Å². The molecule has 142 valence electrons. The molecule has 0 saturated carbocycles. The van der Waals surface area contributed by atoms with Gasteiger partial charge in [-0.25, -0.2) is 0 Å². The molecule has 0 amide bonds. The van der Waals surface area contributed by atoms with Gasteiger partial charge in [0, 0.05) is 25.5 Å². The van der Waals surface area contributed by atoms with Gasteiger partial charge in [0.1, 0.15) is 6.04 Å². The second kappa shape index (κ2) is 7.94. The van der Waals surface area contributed by atoms with Gasteiger partial charge in [0.25, 0.3) is 0 Å². The highest BCUT2D eigenvalue weighted by Crippen LogP contribution is 2.36. The fourth-order valence-corrected chi connectivity index (χ4v) is 3.59. The molecule has 0 radical (unpaired) electrons. The Labute approximate surface area is 157 Å². The smallest absolute Gasteiger partial charge is 0.325 e. The number of hydrogen-bond acceptors (Lipinski definition) is 6. The fraction of sp³-hybridized carbons (Fsp3) is 0.400. The highest BCUT2D eigenvalue weighted by atomic mass is 16.7. The second-order valence-electron chi connectivity index (χ2n) is 6.76. The number of piperidine rings is 1. The van der Waals surface area contributed by atoms with Crippen LogP contribution in [0.4, 0.5) is 0 Å². The number of hydrogen-bond donors (Lipinski definition) is 1. The number of ether oxygens (including phenoxy) is 3. The third kappa shape index (κ3) is 4.04. The number of carbonyl (C=O) groups is 1. The Morgan fingerprint density at radius 2 is 2.07 bits per heavy atom. The van der Waals surface area contributed by atoms with Gasteiger partial charge in [0.2, 0.25) is 6.79 Å². The molecule has 0 spiro atoms. The lowest BCUT2D eigenvalue weighted by molar-refractivity contribution is -0.145. The van der Waals surface area contributed by atoms with Crippen molar-refractivity contribution in [3.8, 4) is 11.5 Å². The lowest BCUT2D eigenvalue weighted by Crippen LogP contribution is -2.42. The summed E-state index contributed by atoms with van der Waals surface area (Å²) in [5.74, 6) is 0.405. The van der Waals surface area contributed by atoms with Crippen LogP contribution in [0.25, 0.3) is 0 Å². The van der Waals surface area contributed by atoms with Crippen molar-refractivity contribution in [3.05, 3.63) is 53.9 Å². The minimum absolute atomic E-state index is 0.132. The molecule has 2 aliphatic heterocycles. The molecule has 4 rings (SSSR count). The first-order valence-electron chi connectivity index (χ1n) is 9.07. The number of benzene rings is 1. The van der Waals surface area contributed by atoms with Crippen molar-refractivity contribution in [2.24, 2.45) is 0 Å². The minimum Gasteiger partial charge on any atom is -0.480 e. The average molecular weight is 370 g/mol. The third-order valence-electron chi connectivity index (χ3n) is 5.00. The fourth-order valence-electron chi connectivity index (χ4n) is 3.59. The molecule has 0 unspecified atom stereocenters. The summed E-state index contributed by atoms with van der Waals surface area (Å²) in [6.45, 7) is 2.05. The van der Waals surface area contributed by atoms with Gasteiger partial charge in [-0.15, -0.1) is 0 Å². The molecule has 7 nitrogen and oxygen atoms in total. The number of carboxylic acids is 1. The molecule has 1 fully saturated rings. The maximum absolute atomic E-state index is 11.9. The number of rotatable bonds is 6. The van der Waals surface area contributed by atoms with E-state index in [9.17, 15) is 9.90 Å². The number of aromatic nitrogens is 1.